The maximum absolute atomic E-state index is 12.8. The van der Waals surface area contributed by atoms with Crippen molar-refractivity contribution in [1.82, 2.24) is 4.90 Å². The van der Waals surface area contributed by atoms with Gasteiger partial charge in [0.25, 0.3) is 5.91 Å². The highest BCUT2D eigenvalue weighted by atomic mass is 79.9. The van der Waals surface area contributed by atoms with Crippen LogP contribution in [0.5, 0.6) is 5.75 Å². The molecular formula is C20H22BrNO4S2. The lowest BCUT2D eigenvalue weighted by Gasteiger charge is -2.23. The highest BCUT2D eigenvalue weighted by Gasteiger charge is 2.34. The van der Waals surface area contributed by atoms with Gasteiger partial charge in [0.1, 0.15) is 22.7 Å². The number of hydrogen-bond acceptors (Lipinski definition) is 6. The molecule has 2 aliphatic rings. The van der Waals surface area contributed by atoms with Gasteiger partial charge in [-0.25, -0.2) is 0 Å². The van der Waals surface area contributed by atoms with Crippen LogP contribution < -0.4 is 4.74 Å². The SMILES string of the molecule is CCOc1ccc(Br)cc1/C=C1\SC(=S)N(CC(=O)OC2CCCCC2)C1=O. The Balaban J connectivity index is 1.70. The van der Waals surface area contributed by atoms with Gasteiger partial charge in [-0.05, 0) is 56.9 Å². The van der Waals surface area contributed by atoms with Gasteiger partial charge < -0.3 is 9.47 Å². The normalized spacial score (nSPS) is 19.4. The highest BCUT2D eigenvalue weighted by Crippen LogP contribution is 2.35. The molecule has 2 fully saturated rings. The molecule has 1 aromatic carbocycles. The minimum absolute atomic E-state index is 0.0365. The number of thiocarbonyl (C=S) groups is 1. The van der Waals surface area contributed by atoms with E-state index in [2.05, 4.69) is 15.9 Å². The fourth-order valence-electron chi connectivity index (χ4n) is 3.23. The molecule has 1 aliphatic carbocycles. The van der Waals surface area contributed by atoms with Crippen molar-refractivity contribution in [2.24, 2.45) is 0 Å². The summed E-state index contributed by atoms with van der Waals surface area (Å²) in [6.45, 7) is 2.29. The van der Waals surface area contributed by atoms with Gasteiger partial charge in [0, 0.05) is 10.0 Å². The van der Waals surface area contributed by atoms with Crippen molar-refractivity contribution in [3.8, 4) is 5.75 Å². The number of esters is 1. The van der Waals surface area contributed by atoms with Crippen LogP contribution in [0.1, 0.15) is 44.6 Å². The smallest absolute Gasteiger partial charge is 0.326 e. The van der Waals surface area contributed by atoms with E-state index in [1.54, 1.807) is 6.08 Å². The third-order valence-corrected chi connectivity index (χ3v) is 6.44. The molecule has 1 saturated carbocycles. The van der Waals surface area contributed by atoms with E-state index in [0.717, 1.165) is 35.7 Å². The minimum Gasteiger partial charge on any atom is -0.493 e. The molecule has 0 aromatic heterocycles. The molecule has 0 spiro atoms. The number of carbonyl (C=O) groups is 2. The van der Waals surface area contributed by atoms with E-state index < -0.39 is 5.97 Å². The predicted molar refractivity (Wildman–Crippen MR) is 118 cm³/mol. The van der Waals surface area contributed by atoms with Gasteiger partial charge in [0.05, 0.1) is 11.5 Å². The van der Waals surface area contributed by atoms with Gasteiger partial charge in [-0.2, -0.15) is 0 Å². The standard InChI is InChI=1S/C20H22BrNO4S2/c1-2-25-16-9-8-14(21)10-13(16)11-17-19(24)22(20(27)28-17)12-18(23)26-15-6-4-3-5-7-15/h8-11,15H,2-7,12H2,1H3/b17-11-. The van der Waals surface area contributed by atoms with Crippen LogP contribution in [-0.4, -0.2) is 40.4 Å². The van der Waals surface area contributed by atoms with Crippen LogP contribution in [0.4, 0.5) is 0 Å². The van der Waals surface area contributed by atoms with Crippen molar-refractivity contribution in [3.05, 3.63) is 33.1 Å². The van der Waals surface area contributed by atoms with Crippen molar-refractivity contribution >= 4 is 62.2 Å². The topological polar surface area (TPSA) is 55.8 Å². The Morgan fingerprint density at radius 1 is 1.36 bits per heavy atom. The fraction of sp³-hybridized carbons (Fsp3) is 0.450. The first-order valence-corrected chi connectivity index (χ1v) is 11.4. The van der Waals surface area contributed by atoms with Crippen molar-refractivity contribution < 1.29 is 19.1 Å². The second-order valence-corrected chi connectivity index (χ2v) is 9.22. The number of thioether (sulfide) groups is 1. The molecule has 0 atom stereocenters. The summed E-state index contributed by atoms with van der Waals surface area (Å²) in [5.41, 5.74) is 0.779. The van der Waals surface area contributed by atoms with Crippen LogP contribution in [0.25, 0.3) is 6.08 Å². The second kappa shape index (κ2) is 9.89. The highest BCUT2D eigenvalue weighted by molar-refractivity contribution is 9.10. The van der Waals surface area contributed by atoms with Gasteiger partial charge in [0.15, 0.2) is 0 Å². The first kappa shape index (κ1) is 21.3. The maximum atomic E-state index is 12.8. The summed E-state index contributed by atoms with van der Waals surface area (Å²) in [5.74, 6) is 0.00704. The number of halogens is 1. The zero-order valence-electron chi connectivity index (χ0n) is 15.6. The summed E-state index contributed by atoms with van der Waals surface area (Å²) in [6, 6.07) is 5.62. The predicted octanol–water partition coefficient (Wildman–Crippen LogP) is 4.92. The molecule has 5 nitrogen and oxygen atoms in total. The Morgan fingerprint density at radius 3 is 2.82 bits per heavy atom. The average molecular weight is 484 g/mol. The third-order valence-electron chi connectivity index (χ3n) is 4.57. The lowest BCUT2D eigenvalue weighted by Crippen LogP contribution is -2.36. The summed E-state index contributed by atoms with van der Waals surface area (Å²) < 4.78 is 12.4. The van der Waals surface area contributed by atoms with E-state index in [1.165, 1.54) is 23.1 Å². The first-order chi connectivity index (χ1) is 13.5. The summed E-state index contributed by atoms with van der Waals surface area (Å²) >= 11 is 9.95. The lowest BCUT2D eigenvalue weighted by atomic mass is 9.98. The van der Waals surface area contributed by atoms with Gasteiger partial charge in [-0.1, -0.05) is 46.3 Å². The minimum atomic E-state index is -0.401. The number of amides is 1. The Kier molecular flexibility index (Phi) is 7.54. The van der Waals surface area contributed by atoms with Crippen LogP contribution in [0.2, 0.25) is 0 Å². The van der Waals surface area contributed by atoms with E-state index in [9.17, 15) is 9.59 Å². The fourth-order valence-corrected chi connectivity index (χ4v) is 4.86. The molecule has 1 amide bonds. The van der Waals surface area contributed by atoms with E-state index >= 15 is 0 Å². The Bertz CT molecular complexity index is 805. The number of nitrogens with zero attached hydrogens (tertiary/aromatic N) is 1. The molecule has 0 radical (unpaired) electrons. The van der Waals surface area contributed by atoms with Crippen molar-refractivity contribution in [1.29, 1.82) is 0 Å². The number of hydrogen-bond donors (Lipinski definition) is 0. The zero-order valence-corrected chi connectivity index (χ0v) is 18.8. The molecule has 1 heterocycles. The number of rotatable bonds is 6. The second-order valence-electron chi connectivity index (χ2n) is 6.63. The summed E-state index contributed by atoms with van der Waals surface area (Å²) in [6.07, 6.45) is 6.85. The summed E-state index contributed by atoms with van der Waals surface area (Å²) in [7, 11) is 0. The first-order valence-electron chi connectivity index (χ1n) is 9.35. The molecule has 28 heavy (non-hydrogen) atoms. The van der Waals surface area contributed by atoms with Crippen molar-refractivity contribution in [3.63, 3.8) is 0 Å². The van der Waals surface area contributed by atoms with E-state index in [4.69, 9.17) is 21.7 Å². The Morgan fingerprint density at radius 2 is 2.11 bits per heavy atom. The quantitative estimate of drug-likeness (QED) is 0.325. The van der Waals surface area contributed by atoms with Crippen molar-refractivity contribution in [2.45, 2.75) is 45.1 Å². The zero-order chi connectivity index (χ0) is 20.1. The van der Waals surface area contributed by atoms with Crippen LogP contribution >= 0.6 is 39.9 Å². The average Bonchev–Trinajstić information content (AvgIpc) is 2.92. The molecule has 1 saturated heterocycles. The Hall–Kier alpha value is -1.38. The number of ether oxygens (including phenoxy) is 2. The van der Waals surface area contributed by atoms with Crippen LogP contribution in [0.3, 0.4) is 0 Å². The summed E-state index contributed by atoms with van der Waals surface area (Å²) in [4.78, 5) is 26.8. The summed E-state index contributed by atoms with van der Waals surface area (Å²) in [5, 5.41) is 0. The van der Waals surface area contributed by atoms with Gasteiger partial charge >= 0.3 is 5.97 Å². The van der Waals surface area contributed by atoms with Crippen molar-refractivity contribution in [2.75, 3.05) is 13.2 Å². The van der Waals surface area contributed by atoms with Gasteiger partial charge in [0.2, 0.25) is 0 Å². The van der Waals surface area contributed by atoms with Crippen LogP contribution in [0, 0.1) is 0 Å². The number of benzene rings is 1. The van der Waals surface area contributed by atoms with E-state index in [-0.39, 0.29) is 18.6 Å². The van der Waals surface area contributed by atoms with Crippen LogP contribution in [-0.2, 0) is 14.3 Å². The monoisotopic (exact) mass is 483 g/mol. The lowest BCUT2D eigenvalue weighted by molar-refractivity contribution is -0.152. The van der Waals surface area contributed by atoms with E-state index in [0.29, 0.717) is 21.6 Å². The van der Waals surface area contributed by atoms with Crippen LogP contribution in [0.15, 0.2) is 27.6 Å². The molecule has 1 aromatic rings. The number of carbonyl (C=O) groups excluding carboxylic acids is 2. The van der Waals surface area contributed by atoms with Gasteiger partial charge in [-0.3, -0.25) is 14.5 Å². The molecule has 150 valence electrons. The third kappa shape index (κ3) is 5.36. The molecule has 0 N–H and O–H groups in total. The molecule has 0 unspecified atom stereocenters. The molecule has 0 bridgehead atoms. The molecule has 3 rings (SSSR count). The Labute approximate surface area is 182 Å². The van der Waals surface area contributed by atoms with E-state index in [1.807, 2.05) is 25.1 Å². The molecule has 8 heteroatoms. The largest absolute Gasteiger partial charge is 0.493 e. The maximum Gasteiger partial charge on any atom is 0.326 e. The van der Waals surface area contributed by atoms with Gasteiger partial charge in [-0.15, -0.1) is 0 Å². The molecular weight excluding hydrogens is 462 g/mol. The molecule has 1 aliphatic heterocycles.